The SMILES string of the molecule is Nc1ccc(Oc2cccc(Oc3cccc(Oc4ccc(N)cc4C(F)(F)F)c3)c2)c(C(F)(F)F)c1. The Balaban J connectivity index is 1.54. The Kier molecular flexibility index (Phi) is 6.80. The first kappa shape index (κ1) is 25.5. The molecule has 0 saturated heterocycles. The molecule has 0 aliphatic rings. The van der Waals surface area contributed by atoms with Crippen molar-refractivity contribution in [1.82, 2.24) is 0 Å². The van der Waals surface area contributed by atoms with E-state index in [9.17, 15) is 26.3 Å². The molecule has 4 aromatic rings. The van der Waals surface area contributed by atoms with Gasteiger partial charge in [0.25, 0.3) is 0 Å². The summed E-state index contributed by atoms with van der Waals surface area (Å²) < 4.78 is 96.8. The molecule has 4 rings (SSSR count). The summed E-state index contributed by atoms with van der Waals surface area (Å²) in [6, 6.07) is 17.9. The lowest BCUT2D eigenvalue weighted by atomic mass is 10.1. The quantitative estimate of drug-likeness (QED) is 0.198. The topological polar surface area (TPSA) is 79.7 Å². The summed E-state index contributed by atoms with van der Waals surface area (Å²) in [5, 5.41) is 0. The fourth-order valence-corrected chi connectivity index (χ4v) is 3.31. The Labute approximate surface area is 206 Å². The Hall–Kier alpha value is -4.54. The molecule has 0 fully saturated rings. The van der Waals surface area contributed by atoms with Crippen LogP contribution < -0.4 is 25.7 Å². The third-order valence-corrected chi connectivity index (χ3v) is 4.92. The molecule has 0 amide bonds. The van der Waals surface area contributed by atoms with Crippen molar-refractivity contribution < 1.29 is 40.6 Å². The Morgan fingerprint density at radius 1 is 0.459 bits per heavy atom. The third kappa shape index (κ3) is 6.37. The predicted octanol–water partition coefficient (Wildman–Crippen LogP) is 8.27. The number of ether oxygens (including phenoxy) is 3. The number of hydrogen-bond acceptors (Lipinski definition) is 5. The maximum Gasteiger partial charge on any atom is 0.420 e. The number of nitrogen functional groups attached to an aromatic ring is 2. The Morgan fingerprint density at radius 3 is 1.16 bits per heavy atom. The predicted molar refractivity (Wildman–Crippen MR) is 125 cm³/mol. The second-order valence-electron chi connectivity index (χ2n) is 7.76. The molecule has 0 spiro atoms. The van der Waals surface area contributed by atoms with Crippen LogP contribution in [0.4, 0.5) is 37.7 Å². The van der Waals surface area contributed by atoms with Crippen LogP contribution in [0.15, 0.2) is 84.9 Å². The van der Waals surface area contributed by atoms with E-state index >= 15 is 0 Å². The van der Waals surface area contributed by atoms with Crippen molar-refractivity contribution in [3.8, 4) is 34.5 Å². The second-order valence-corrected chi connectivity index (χ2v) is 7.76. The summed E-state index contributed by atoms with van der Waals surface area (Å²) in [6.07, 6.45) is -9.37. The summed E-state index contributed by atoms with van der Waals surface area (Å²) in [4.78, 5) is 0. The summed E-state index contributed by atoms with van der Waals surface area (Å²) in [7, 11) is 0. The van der Waals surface area contributed by atoms with E-state index in [1.54, 1.807) is 0 Å². The van der Waals surface area contributed by atoms with Gasteiger partial charge in [-0.05, 0) is 60.7 Å². The third-order valence-electron chi connectivity index (χ3n) is 4.92. The molecular weight excluding hydrogens is 502 g/mol. The molecule has 0 unspecified atom stereocenters. The molecule has 0 aromatic heterocycles. The van der Waals surface area contributed by atoms with Gasteiger partial charge in [-0.25, -0.2) is 0 Å². The van der Waals surface area contributed by atoms with Crippen molar-refractivity contribution in [2.45, 2.75) is 12.4 Å². The van der Waals surface area contributed by atoms with Crippen molar-refractivity contribution in [1.29, 1.82) is 0 Å². The number of nitrogens with two attached hydrogens (primary N) is 2. The van der Waals surface area contributed by atoms with E-state index in [1.807, 2.05) is 0 Å². The summed E-state index contributed by atoms with van der Waals surface area (Å²) in [5.41, 5.74) is 8.74. The first-order valence-electron chi connectivity index (χ1n) is 10.6. The van der Waals surface area contributed by atoms with E-state index in [4.69, 9.17) is 25.7 Å². The summed E-state index contributed by atoms with van der Waals surface area (Å²) in [5.74, 6) is -0.394. The molecular formula is C26H18F6N2O3. The monoisotopic (exact) mass is 520 g/mol. The van der Waals surface area contributed by atoms with Gasteiger partial charge in [0.2, 0.25) is 0 Å². The first-order valence-corrected chi connectivity index (χ1v) is 10.6. The van der Waals surface area contributed by atoms with Gasteiger partial charge >= 0.3 is 12.4 Å². The minimum atomic E-state index is -4.68. The van der Waals surface area contributed by atoms with Gasteiger partial charge in [-0.3, -0.25) is 0 Å². The van der Waals surface area contributed by atoms with Gasteiger partial charge in [0, 0.05) is 23.5 Å². The molecule has 37 heavy (non-hydrogen) atoms. The molecule has 0 radical (unpaired) electrons. The van der Waals surface area contributed by atoms with Crippen LogP contribution in [0, 0.1) is 0 Å². The zero-order chi connectivity index (χ0) is 26.8. The molecule has 4 N–H and O–H groups in total. The Morgan fingerprint density at radius 2 is 0.811 bits per heavy atom. The van der Waals surface area contributed by atoms with Crippen LogP contribution in [-0.4, -0.2) is 0 Å². The van der Waals surface area contributed by atoms with Crippen LogP contribution in [0.5, 0.6) is 34.5 Å². The molecule has 0 aliphatic heterocycles. The minimum absolute atomic E-state index is 0.0527. The number of anilines is 2. The maximum atomic E-state index is 13.4. The van der Waals surface area contributed by atoms with Crippen LogP contribution in [0.3, 0.4) is 0 Å². The van der Waals surface area contributed by atoms with Crippen molar-refractivity contribution in [3.05, 3.63) is 96.1 Å². The Bertz CT molecular complexity index is 1310. The van der Waals surface area contributed by atoms with Crippen LogP contribution in [0.1, 0.15) is 11.1 Å². The second kappa shape index (κ2) is 9.84. The van der Waals surface area contributed by atoms with Gasteiger partial charge in [-0.15, -0.1) is 0 Å². The number of rotatable bonds is 6. The molecule has 0 aliphatic carbocycles. The number of halogens is 6. The highest BCUT2D eigenvalue weighted by molar-refractivity contribution is 5.52. The molecule has 11 heteroatoms. The van der Waals surface area contributed by atoms with Crippen molar-refractivity contribution >= 4 is 11.4 Å². The van der Waals surface area contributed by atoms with Crippen LogP contribution in [0.25, 0.3) is 0 Å². The number of alkyl halides is 6. The van der Waals surface area contributed by atoms with Crippen LogP contribution >= 0.6 is 0 Å². The van der Waals surface area contributed by atoms with Crippen LogP contribution in [0.2, 0.25) is 0 Å². The number of benzene rings is 4. The molecule has 0 saturated carbocycles. The fraction of sp³-hybridized carbons (Fsp3) is 0.0769. The highest BCUT2D eigenvalue weighted by Gasteiger charge is 2.35. The minimum Gasteiger partial charge on any atom is -0.457 e. The van der Waals surface area contributed by atoms with Gasteiger partial charge in [-0.2, -0.15) is 26.3 Å². The van der Waals surface area contributed by atoms with Crippen LogP contribution in [-0.2, 0) is 12.4 Å². The van der Waals surface area contributed by atoms with Gasteiger partial charge in [0.1, 0.15) is 45.6 Å². The van der Waals surface area contributed by atoms with E-state index < -0.39 is 35.0 Å². The standard InChI is InChI=1S/C26H18F6N2O3/c27-25(28,29)21-11-15(33)7-9-23(21)36-19-5-1-3-17(13-19)35-18-4-2-6-20(14-18)37-24-10-8-16(34)12-22(24)26(30,31)32/h1-14H,33-34H2. The molecule has 5 nitrogen and oxygen atoms in total. The van der Waals surface area contributed by atoms with E-state index in [2.05, 4.69) is 0 Å². The highest BCUT2D eigenvalue weighted by Crippen LogP contribution is 2.41. The van der Waals surface area contributed by atoms with Gasteiger partial charge < -0.3 is 25.7 Å². The zero-order valence-corrected chi connectivity index (χ0v) is 18.7. The maximum absolute atomic E-state index is 13.4. The van der Waals surface area contributed by atoms with Gasteiger partial charge in [-0.1, -0.05) is 12.1 Å². The van der Waals surface area contributed by atoms with Crippen molar-refractivity contribution in [2.24, 2.45) is 0 Å². The molecule has 0 atom stereocenters. The normalized spacial score (nSPS) is 11.7. The van der Waals surface area contributed by atoms with E-state index in [-0.39, 0.29) is 34.4 Å². The average Bonchev–Trinajstić information content (AvgIpc) is 2.81. The fourth-order valence-electron chi connectivity index (χ4n) is 3.31. The lowest BCUT2D eigenvalue weighted by Crippen LogP contribution is -2.08. The average molecular weight is 520 g/mol. The first-order chi connectivity index (χ1) is 17.4. The largest absolute Gasteiger partial charge is 0.457 e. The zero-order valence-electron chi connectivity index (χ0n) is 18.7. The van der Waals surface area contributed by atoms with Crippen molar-refractivity contribution in [3.63, 3.8) is 0 Å². The highest BCUT2D eigenvalue weighted by atomic mass is 19.4. The summed E-state index contributed by atoms with van der Waals surface area (Å²) >= 11 is 0. The van der Waals surface area contributed by atoms with Gasteiger partial charge in [0.15, 0.2) is 0 Å². The summed E-state index contributed by atoms with van der Waals surface area (Å²) in [6.45, 7) is 0. The van der Waals surface area contributed by atoms with E-state index in [1.165, 1.54) is 60.7 Å². The lowest BCUT2D eigenvalue weighted by Gasteiger charge is -2.16. The number of hydrogen-bond donors (Lipinski definition) is 2. The molecule has 0 bridgehead atoms. The van der Waals surface area contributed by atoms with E-state index in [0.29, 0.717) is 0 Å². The van der Waals surface area contributed by atoms with E-state index in [0.717, 1.165) is 24.3 Å². The molecule has 4 aromatic carbocycles. The smallest absolute Gasteiger partial charge is 0.420 e. The lowest BCUT2D eigenvalue weighted by molar-refractivity contribution is -0.139. The van der Waals surface area contributed by atoms with Gasteiger partial charge in [0.05, 0.1) is 0 Å². The van der Waals surface area contributed by atoms with Crippen molar-refractivity contribution in [2.75, 3.05) is 11.5 Å². The molecule has 192 valence electrons. The molecule has 0 heterocycles.